The molecule has 3 N–H and O–H groups in total. The molecular formula is C25H19N3O6S2. The first-order chi connectivity index (χ1) is 17.3. The number of carbonyl (C=O) groups is 4. The quantitative estimate of drug-likeness (QED) is 0.223. The number of carboxylic acids is 1. The number of carbonyl (C=O) groups excluding carboxylic acids is 3. The van der Waals surface area contributed by atoms with E-state index < -0.39 is 17.8 Å². The number of fused-ring (bicyclic) bond motifs is 1. The maximum Gasteiger partial charge on any atom is 0.337 e. The number of aromatic carboxylic acids is 1. The van der Waals surface area contributed by atoms with E-state index >= 15 is 0 Å². The van der Waals surface area contributed by atoms with Crippen LogP contribution in [0.1, 0.15) is 31.1 Å². The van der Waals surface area contributed by atoms with Crippen LogP contribution >= 0.6 is 23.1 Å². The smallest absolute Gasteiger partial charge is 0.337 e. The van der Waals surface area contributed by atoms with Gasteiger partial charge in [0.05, 0.1) is 39.8 Å². The Morgan fingerprint density at radius 1 is 0.944 bits per heavy atom. The van der Waals surface area contributed by atoms with Crippen molar-refractivity contribution in [1.29, 1.82) is 0 Å². The second kappa shape index (κ2) is 11.0. The monoisotopic (exact) mass is 521 g/mol. The van der Waals surface area contributed by atoms with E-state index in [2.05, 4.69) is 20.4 Å². The number of nitrogens with zero attached hydrogens (tertiary/aromatic N) is 1. The fourth-order valence-electron chi connectivity index (χ4n) is 3.24. The molecule has 0 atom stereocenters. The molecule has 0 spiro atoms. The van der Waals surface area contributed by atoms with Gasteiger partial charge in [0.15, 0.2) is 4.34 Å². The van der Waals surface area contributed by atoms with Crippen LogP contribution in [0.4, 0.5) is 11.4 Å². The number of thiazole rings is 1. The van der Waals surface area contributed by atoms with Gasteiger partial charge in [0, 0.05) is 11.4 Å². The molecule has 3 aromatic carbocycles. The second-order valence-electron chi connectivity index (χ2n) is 7.37. The van der Waals surface area contributed by atoms with Gasteiger partial charge in [0.2, 0.25) is 5.91 Å². The molecule has 2 amide bonds. The van der Waals surface area contributed by atoms with E-state index in [1.54, 1.807) is 54.6 Å². The van der Waals surface area contributed by atoms with Gasteiger partial charge in [0.25, 0.3) is 5.91 Å². The van der Waals surface area contributed by atoms with Gasteiger partial charge in [-0.3, -0.25) is 9.59 Å². The molecule has 0 unspecified atom stereocenters. The van der Waals surface area contributed by atoms with Gasteiger partial charge >= 0.3 is 11.9 Å². The molecule has 0 saturated carbocycles. The molecule has 1 heterocycles. The molecular weight excluding hydrogens is 502 g/mol. The topological polar surface area (TPSA) is 135 Å². The molecule has 0 aliphatic heterocycles. The maximum absolute atomic E-state index is 12.6. The standard InChI is InChI=1S/C25H19N3O6S2/c1-34-24(33)14-6-8-15(9-7-14)26-21(29)13-35-25-28-19-11-10-16(12-20(19)36-25)27-22(30)17-4-2-3-5-18(17)23(31)32/h2-12H,13H2,1H3,(H,26,29)(H,27,30)(H,31,32). The third-order valence-corrected chi connectivity index (χ3v) is 7.11. The lowest BCUT2D eigenvalue weighted by atomic mass is 10.1. The molecule has 0 saturated heterocycles. The van der Waals surface area contributed by atoms with Gasteiger partial charge in [-0.15, -0.1) is 11.3 Å². The number of benzene rings is 3. The Bertz CT molecular complexity index is 1470. The van der Waals surface area contributed by atoms with Crippen molar-refractivity contribution in [3.05, 3.63) is 83.4 Å². The summed E-state index contributed by atoms with van der Waals surface area (Å²) in [6.07, 6.45) is 0. The number of nitrogens with one attached hydrogen (secondary N) is 2. The molecule has 182 valence electrons. The highest BCUT2D eigenvalue weighted by Crippen LogP contribution is 2.31. The molecule has 0 fully saturated rings. The van der Waals surface area contributed by atoms with Crippen molar-refractivity contribution in [2.24, 2.45) is 0 Å². The van der Waals surface area contributed by atoms with Crippen molar-refractivity contribution >= 4 is 68.4 Å². The fourth-order valence-corrected chi connectivity index (χ4v) is 5.15. The number of amides is 2. The Balaban J connectivity index is 1.37. The summed E-state index contributed by atoms with van der Waals surface area (Å²) < 4.78 is 6.14. The van der Waals surface area contributed by atoms with Gasteiger partial charge < -0.3 is 20.5 Å². The first-order valence-corrected chi connectivity index (χ1v) is 12.3. The van der Waals surface area contributed by atoms with E-state index in [1.165, 1.54) is 42.3 Å². The minimum absolute atomic E-state index is 0.0663. The number of ether oxygens (including phenoxy) is 1. The lowest BCUT2D eigenvalue weighted by Crippen LogP contribution is -2.16. The first kappa shape index (κ1) is 24.9. The van der Waals surface area contributed by atoms with Crippen LogP contribution in [-0.2, 0) is 9.53 Å². The van der Waals surface area contributed by atoms with Gasteiger partial charge in [-0.05, 0) is 54.6 Å². The number of hydrogen-bond acceptors (Lipinski definition) is 8. The van der Waals surface area contributed by atoms with Crippen LogP contribution in [0.2, 0.25) is 0 Å². The fraction of sp³-hybridized carbons (Fsp3) is 0.0800. The molecule has 4 rings (SSSR count). The van der Waals surface area contributed by atoms with Crippen LogP contribution in [-0.4, -0.2) is 46.7 Å². The van der Waals surface area contributed by atoms with Crippen molar-refractivity contribution in [1.82, 2.24) is 4.98 Å². The SMILES string of the molecule is COC(=O)c1ccc(NC(=O)CSc2nc3ccc(NC(=O)c4ccccc4C(=O)O)cc3s2)cc1. The summed E-state index contributed by atoms with van der Waals surface area (Å²) in [4.78, 5) is 52.3. The van der Waals surface area contributed by atoms with Gasteiger partial charge in [0.1, 0.15) is 0 Å². The van der Waals surface area contributed by atoms with Crippen LogP contribution < -0.4 is 10.6 Å². The van der Waals surface area contributed by atoms with Gasteiger partial charge in [-0.2, -0.15) is 0 Å². The van der Waals surface area contributed by atoms with Gasteiger partial charge in [-0.1, -0.05) is 23.9 Å². The lowest BCUT2D eigenvalue weighted by Gasteiger charge is -2.07. The van der Waals surface area contributed by atoms with Crippen LogP contribution in [0.15, 0.2) is 71.1 Å². The predicted molar refractivity (Wildman–Crippen MR) is 138 cm³/mol. The van der Waals surface area contributed by atoms with Crippen LogP contribution in [0.25, 0.3) is 10.2 Å². The van der Waals surface area contributed by atoms with Crippen LogP contribution in [0, 0.1) is 0 Å². The Labute approximate surface area is 213 Å². The lowest BCUT2D eigenvalue weighted by molar-refractivity contribution is -0.113. The first-order valence-electron chi connectivity index (χ1n) is 10.5. The summed E-state index contributed by atoms with van der Waals surface area (Å²) in [5, 5.41) is 14.8. The van der Waals surface area contributed by atoms with E-state index in [1.807, 2.05) is 0 Å². The van der Waals surface area contributed by atoms with Crippen molar-refractivity contribution in [2.45, 2.75) is 4.34 Å². The van der Waals surface area contributed by atoms with E-state index in [4.69, 9.17) is 0 Å². The predicted octanol–water partition coefficient (Wildman–Crippen LogP) is 4.76. The van der Waals surface area contributed by atoms with Crippen molar-refractivity contribution < 1.29 is 29.0 Å². The highest BCUT2D eigenvalue weighted by molar-refractivity contribution is 8.01. The Morgan fingerprint density at radius 3 is 2.33 bits per heavy atom. The summed E-state index contributed by atoms with van der Waals surface area (Å²) >= 11 is 2.65. The highest BCUT2D eigenvalue weighted by atomic mass is 32.2. The van der Waals surface area contributed by atoms with Crippen LogP contribution in [0.5, 0.6) is 0 Å². The van der Waals surface area contributed by atoms with Crippen molar-refractivity contribution in [3.8, 4) is 0 Å². The van der Waals surface area contributed by atoms with Crippen molar-refractivity contribution in [2.75, 3.05) is 23.5 Å². The van der Waals surface area contributed by atoms with E-state index in [0.717, 1.165) is 4.70 Å². The number of carboxylic acid groups (broad SMARTS) is 1. The Kier molecular flexibility index (Phi) is 7.62. The van der Waals surface area contributed by atoms with Gasteiger partial charge in [-0.25, -0.2) is 14.6 Å². The van der Waals surface area contributed by atoms with Crippen molar-refractivity contribution in [3.63, 3.8) is 0 Å². The number of thioether (sulfide) groups is 1. The number of hydrogen-bond donors (Lipinski definition) is 3. The molecule has 0 aliphatic carbocycles. The minimum Gasteiger partial charge on any atom is -0.478 e. The van der Waals surface area contributed by atoms with E-state index in [9.17, 15) is 24.3 Å². The summed E-state index contributed by atoms with van der Waals surface area (Å²) in [7, 11) is 1.30. The number of aromatic nitrogens is 1. The maximum atomic E-state index is 12.6. The zero-order valence-electron chi connectivity index (χ0n) is 18.8. The third-order valence-electron chi connectivity index (χ3n) is 4.95. The summed E-state index contributed by atoms with van der Waals surface area (Å²) in [6, 6.07) is 17.6. The number of esters is 1. The third kappa shape index (κ3) is 5.88. The molecule has 36 heavy (non-hydrogen) atoms. The summed E-state index contributed by atoms with van der Waals surface area (Å²) in [5.74, 6) is -2.25. The largest absolute Gasteiger partial charge is 0.478 e. The van der Waals surface area contributed by atoms with E-state index in [-0.39, 0.29) is 22.8 Å². The Hall–Kier alpha value is -4.22. The second-order valence-corrected chi connectivity index (χ2v) is 9.63. The zero-order valence-corrected chi connectivity index (χ0v) is 20.4. The molecule has 11 heteroatoms. The molecule has 0 radical (unpaired) electrons. The number of rotatable bonds is 8. The van der Waals surface area contributed by atoms with Crippen LogP contribution in [0.3, 0.4) is 0 Å². The molecule has 0 aliphatic rings. The summed E-state index contributed by atoms with van der Waals surface area (Å²) in [6.45, 7) is 0. The normalized spacial score (nSPS) is 10.6. The number of anilines is 2. The highest BCUT2D eigenvalue weighted by Gasteiger charge is 2.16. The molecule has 0 bridgehead atoms. The molecule has 4 aromatic rings. The average Bonchev–Trinajstić information content (AvgIpc) is 3.29. The molecule has 1 aromatic heterocycles. The zero-order chi connectivity index (χ0) is 25.7. The Morgan fingerprint density at radius 2 is 1.64 bits per heavy atom. The molecule has 9 nitrogen and oxygen atoms in total. The average molecular weight is 522 g/mol. The summed E-state index contributed by atoms with van der Waals surface area (Å²) in [5.41, 5.74) is 2.15. The van der Waals surface area contributed by atoms with E-state index in [0.29, 0.717) is 26.8 Å². The number of methoxy groups -OCH3 is 1. The minimum atomic E-state index is -1.18.